The number of nitrogens with one attached hydrogen (secondary N) is 2. The Bertz CT molecular complexity index is 978. The van der Waals surface area contributed by atoms with E-state index in [4.69, 9.17) is 21.7 Å². The maximum Gasteiger partial charge on any atom is 0.315 e. The van der Waals surface area contributed by atoms with Crippen LogP contribution in [0.2, 0.25) is 5.02 Å². The van der Waals surface area contributed by atoms with Gasteiger partial charge in [-0.1, -0.05) is 23.7 Å². The standard InChI is InChI=1S/C20H23ClN6O/c1-2-22-20(28)23-13-16-19(14-5-7-15(21)8-6-14)24-17-9-10-18(25-27(16)17)26-11-3-4-12-26/h5-10H,2-4,11-13H2,1H3,(H2,22,23,28). The predicted octanol–water partition coefficient (Wildman–Crippen LogP) is 3.47. The van der Waals surface area contributed by atoms with Crippen molar-refractivity contribution in [1.82, 2.24) is 25.2 Å². The largest absolute Gasteiger partial charge is 0.355 e. The number of imidazole rings is 1. The van der Waals surface area contributed by atoms with E-state index in [0.29, 0.717) is 18.1 Å². The number of halogens is 1. The molecule has 0 unspecified atom stereocenters. The first-order valence-electron chi connectivity index (χ1n) is 9.57. The van der Waals surface area contributed by atoms with Gasteiger partial charge < -0.3 is 15.5 Å². The zero-order valence-electron chi connectivity index (χ0n) is 15.8. The molecule has 146 valence electrons. The molecule has 1 saturated heterocycles. The summed E-state index contributed by atoms with van der Waals surface area (Å²) in [5, 5.41) is 11.1. The van der Waals surface area contributed by atoms with Gasteiger partial charge in [-0.15, -0.1) is 5.10 Å². The molecule has 2 N–H and O–H groups in total. The van der Waals surface area contributed by atoms with Crippen LogP contribution >= 0.6 is 11.6 Å². The van der Waals surface area contributed by atoms with Crippen LogP contribution in [-0.2, 0) is 6.54 Å². The molecular weight excluding hydrogens is 376 g/mol. The summed E-state index contributed by atoms with van der Waals surface area (Å²) in [6, 6.07) is 11.3. The number of rotatable bonds is 5. The number of benzene rings is 1. The lowest BCUT2D eigenvalue weighted by Crippen LogP contribution is -2.35. The van der Waals surface area contributed by atoms with Gasteiger partial charge in [0.15, 0.2) is 5.65 Å². The summed E-state index contributed by atoms with van der Waals surface area (Å²) in [6.07, 6.45) is 2.37. The molecule has 2 aromatic heterocycles. The van der Waals surface area contributed by atoms with Gasteiger partial charge in [0.2, 0.25) is 0 Å². The summed E-state index contributed by atoms with van der Waals surface area (Å²) in [7, 11) is 0. The second-order valence-corrected chi connectivity index (χ2v) is 7.22. The molecule has 8 heteroatoms. The van der Waals surface area contributed by atoms with Gasteiger partial charge in [-0.2, -0.15) is 0 Å². The minimum Gasteiger partial charge on any atom is -0.355 e. The molecule has 0 bridgehead atoms. The van der Waals surface area contributed by atoms with E-state index >= 15 is 0 Å². The van der Waals surface area contributed by atoms with Gasteiger partial charge in [0.1, 0.15) is 5.82 Å². The highest BCUT2D eigenvalue weighted by Gasteiger charge is 2.19. The van der Waals surface area contributed by atoms with Gasteiger partial charge >= 0.3 is 6.03 Å². The second kappa shape index (κ2) is 8.06. The zero-order chi connectivity index (χ0) is 19.5. The molecule has 0 saturated carbocycles. The Kier molecular flexibility index (Phi) is 5.34. The third kappa shape index (κ3) is 3.75. The number of hydrogen-bond acceptors (Lipinski definition) is 4. The molecule has 1 fully saturated rings. The smallest absolute Gasteiger partial charge is 0.315 e. The number of carbonyl (C=O) groups excluding carboxylic acids is 1. The number of hydrogen-bond donors (Lipinski definition) is 2. The molecule has 4 rings (SSSR count). The van der Waals surface area contributed by atoms with Crippen LogP contribution in [0.4, 0.5) is 10.6 Å². The maximum absolute atomic E-state index is 11.9. The molecule has 7 nitrogen and oxygen atoms in total. The Hall–Kier alpha value is -2.80. The minimum absolute atomic E-state index is 0.213. The number of fused-ring (bicyclic) bond motifs is 1. The van der Waals surface area contributed by atoms with Gasteiger partial charge in [0.05, 0.1) is 17.9 Å². The molecule has 0 spiro atoms. The highest BCUT2D eigenvalue weighted by Crippen LogP contribution is 2.27. The van der Waals surface area contributed by atoms with E-state index < -0.39 is 0 Å². The van der Waals surface area contributed by atoms with Crippen LogP contribution in [0.25, 0.3) is 16.9 Å². The molecule has 1 aliphatic heterocycles. The molecule has 28 heavy (non-hydrogen) atoms. The highest BCUT2D eigenvalue weighted by molar-refractivity contribution is 6.30. The first-order valence-corrected chi connectivity index (χ1v) is 9.94. The summed E-state index contributed by atoms with van der Waals surface area (Å²) in [4.78, 5) is 19.0. The van der Waals surface area contributed by atoms with Crippen molar-refractivity contribution >= 4 is 29.1 Å². The molecular formula is C20H23ClN6O. The monoisotopic (exact) mass is 398 g/mol. The second-order valence-electron chi connectivity index (χ2n) is 6.78. The number of carbonyl (C=O) groups is 1. The van der Waals surface area contributed by atoms with Crippen LogP contribution < -0.4 is 15.5 Å². The van der Waals surface area contributed by atoms with Crippen molar-refractivity contribution in [2.24, 2.45) is 0 Å². The Morgan fingerprint density at radius 2 is 1.86 bits per heavy atom. The third-order valence-electron chi connectivity index (χ3n) is 4.86. The molecule has 2 amide bonds. The average molecular weight is 399 g/mol. The van der Waals surface area contributed by atoms with Crippen molar-refractivity contribution < 1.29 is 4.79 Å². The van der Waals surface area contributed by atoms with Crippen molar-refractivity contribution in [3.63, 3.8) is 0 Å². The molecule has 1 aromatic carbocycles. The number of anilines is 1. The summed E-state index contributed by atoms with van der Waals surface area (Å²) in [6.45, 7) is 4.81. The summed E-state index contributed by atoms with van der Waals surface area (Å²) < 4.78 is 1.84. The zero-order valence-corrected chi connectivity index (χ0v) is 16.5. The first-order chi connectivity index (χ1) is 13.7. The van der Waals surface area contributed by atoms with E-state index in [-0.39, 0.29) is 6.03 Å². The fourth-order valence-corrected chi connectivity index (χ4v) is 3.59. The van der Waals surface area contributed by atoms with Gasteiger partial charge in [-0.05, 0) is 44.0 Å². The van der Waals surface area contributed by atoms with Crippen LogP contribution in [0, 0.1) is 0 Å². The number of amides is 2. The fraction of sp³-hybridized carbons (Fsp3) is 0.350. The Morgan fingerprint density at radius 1 is 1.11 bits per heavy atom. The van der Waals surface area contributed by atoms with Crippen LogP contribution in [0.5, 0.6) is 0 Å². The fourth-order valence-electron chi connectivity index (χ4n) is 3.47. The summed E-state index contributed by atoms with van der Waals surface area (Å²) in [5.41, 5.74) is 3.31. The van der Waals surface area contributed by atoms with E-state index in [0.717, 1.165) is 41.5 Å². The minimum atomic E-state index is -0.213. The molecule has 0 radical (unpaired) electrons. The SMILES string of the molecule is CCNC(=O)NCc1c(-c2ccc(Cl)cc2)nc2ccc(N3CCCC3)nn12. The van der Waals surface area contributed by atoms with Crippen LogP contribution in [0.1, 0.15) is 25.5 Å². The molecule has 0 aliphatic carbocycles. The van der Waals surface area contributed by atoms with E-state index in [9.17, 15) is 4.79 Å². The van der Waals surface area contributed by atoms with Crippen LogP contribution in [0.15, 0.2) is 36.4 Å². The Balaban J connectivity index is 1.76. The lowest BCUT2D eigenvalue weighted by atomic mass is 10.1. The van der Waals surface area contributed by atoms with Crippen molar-refractivity contribution in [1.29, 1.82) is 0 Å². The van der Waals surface area contributed by atoms with Gasteiger partial charge in [0.25, 0.3) is 0 Å². The van der Waals surface area contributed by atoms with Crippen LogP contribution in [-0.4, -0.2) is 40.3 Å². The van der Waals surface area contributed by atoms with Gasteiger partial charge in [-0.25, -0.2) is 14.3 Å². The van der Waals surface area contributed by atoms with E-state index in [2.05, 4.69) is 15.5 Å². The highest BCUT2D eigenvalue weighted by atomic mass is 35.5. The topological polar surface area (TPSA) is 74.6 Å². The van der Waals surface area contributed by atoms with Crippen molar-refractivity contribution in [2.75, 3.05) is 24.5 Å². The van der Waals surface area contributed by atoms with E-state index in [1.807, 2.05) is 47.8 Å². The summed E-state index contributed by atoms with van der Waals surface area (Å²) in [5.74, 6) is 0.935. The normalized spacial score (nSPS) is 13.9. The quantitative estimate of drug-likeness (QED) is 0.690. The average Bonchev–Trinajstić information content (AvgIpc) is 3.35. The third-order valence-corrected chi connectivity index (χ3v) is 5.11. The molecule has 3 aromatic rings. The predicted molar refractivity (Wildman–Crippen MR) is 111 cm³/mol. The van der Waals surface area contributed by atoms with Gasteiger partial charge in [0, 0.05) is 30.2 Å². The Labute approximate surface area is 168 Å². The maximum atomic E-state index is 11.9. The number of aromatic nitrogens is 3. The molecule has 1 aliphatic rings. The van der Waals surface area contributed by atoms with Crippen molar-refractivity contribution in [3.05, 3.63) is 47.1 Å². The van der Waals surface area contributed by atoms with Crippen molar-refractivity contribution in [2.45, 2.75) is 26.3 Å². The summed E-state index contributed by atoms with van der Waals surface area (Å²) >= 11 is 6.04. The van der Waals surface area contributed by atoms with Crippen molar-refractivity contribution in [3.8, 4) is 11.3 Å². The van der Waals surface area contributed by atoms with Gasteiger partial charge in [-0.3, -0.25) is 0 Å². The van der Waals surface area contributed by atoms with Crippen LogP contribution in [0.3, 0.4) is 0 Å². The Morgan fingerprint density at radius 3 is 2.57 bits per heavy atom. The van der Waals surface area contributed by atoms with E-state index in [1.54, 1.807) is 0 Å². The number of nitrogens with zero attached hydrogens (tertiary/aromatic N) is 4. The van der Waals surface area contributed by atoms with E-state index in [1.165, 1.54) is 12.8 Å². The lowest BCUT2D eigenvalue weighted by molar-refractivity contribution is 0.241. The number of urea groups is 1. The molecule has 0 atom stereocenters. The lowest BCUT2D eigenvalue weighted by Gasteiger charge is -2.16. The molecule has 3 heterocycles. The first kappa shape index (κ1) is 18.6.